The van der Waals surface area contributed by atoms with Crippen molar-refractivity contribution in [2.75, 3.05) is 0 Å². The predicted octanol–water partition coefficient (Wildman–Crippen LogP) is 5.00. The number of nitro benzene ring substituents is 1. The molecule has 0 aliphatic rings. The van der Waals surface area contributed by atoms with E-state index < -0.39 is 4.92 Å². The van der Waals surface area contributed by atoms with Gasteiger partial charge < -0.3 is 9.73 Å². The second kappa shape index (κ2) is 7.41. The minimum absolute atomic E-state index is 0.111. The maximum atomic E-state index is 12.4. The third-order valence-electron chi connectivity index (χ3n) is 3.91. The van der Waals surface area contributed by atoms with Crippen LogP contribution in [-0.4, -0.2) is 10.8 Å². The maximum Gasteiger partial charge on any atom is 0.287 e. The second-order valence-corrected chi connectivity index (χ2v) is 6.10. The highest BCUT2D eigenvalue weighted by atomic mass is 35.5. The van der Waals surface area contributed by atoms with Gasteiger partial charge in [-0.1, -0.05) is 41.9 Å². The van der Waals surface area contributed by atoms with E-state index in [0.717, 1.165) is 5.56 Å². The number of carbonyl (C=O) groups excluding carboxylic acids is 1. The Morgan fingerprint density at radius 3 is 2.54 bits per heavy atom. The van der Waals surface area contributed by atoms with Gasteiger partial charge >= 0.3 is 0 Å². The maximum absolute atomic E-state index is 12.4. The summed E-state index contributed by atoms with van der Waals surface area (Å²) in [6, 6.07) is 16.6. The number of rotatable bonds is 5. The lowest BCUT2D eigenvalue weighted by Crippen LogP contribution is -2.26. The van der Waals surface area contributed by atoms with Gasteiger partial charge in [0.05, 0.1) is 16.0 Å². The molecule has 0 saturated carbocycles. The zero-order valence-corrected chi connectivity index (χ0v) is 14.6. The molecule has 0 fully saturated rings. The number of nitrogens with one attached hydrogen (secondary N) is 1. The molecule has 0 unspecified atom stereocenters. The van der Waals surface area contributed by atoms with Crippen LogP contribution in [0.5, 0.6) is 0 Å². The normalized spacial score (nSPS) is 11.8. The van der Waals surface area contributed by atoms with Crippen LogP contribution in [0.1, 0.15) is 29.1 Å². The van der Waals surface area contributed by atoms with Crippen LogP contribution < -0.4 is 5.32 Å². The molecule has 3 rings (SSSR count). The number of non-ortho nitro benzene ring substituents is 1. The van der Waals surface area contributed by atoms with Gasteiger partial charge in [-0.3, -0.25) is 14.9 Å². The number of carbonyl (C=O) groups is 1. The number of benzene rings is 2. The third-order valence-corrected chi connectivity index (χ3v) is 4.22. The predicted molar refractivity (Wildman–Crippen MR) is 98.1 cm³/mol. The molecule has 26 heavy (non-hydrogen) atoms. The highest BCUT2D eigenvalue weighted by molar-refractivity contribution is 6.33. The molecule has 1 N–H and O–H groups in total. The van der Waals surface area contributed by atoms with Gasteiger partial charge in [-0.2, -0.15) is 0 Å². The monoisotopic (exact) mass is 370 g/mol. The topological polar surface area (TPSA) is 85.4 Å². The van der Waals surface area contributed by atoms with E-state index in [4.69, 9.17) is 16.0 Å². The summed E-state index contributed by atoms with van der Waals surface area (Å²) in [7, 11) is 0. The van der Waals surface area contributed by atoms with Crippen LogP contribution in [-0.2, 0) is 0 Å². The molecule has 0 radical (unpaired) electrons. The summed E-state index contributed by atoms with van der Waals surface area (Å²) in [5.74, 6) is 0.144. The lowest BCUT2D eigenvalue weighted by molar-refractivity contribution is -0.384. The fourth-order valence-electron chi connectivity index (χ4n) is 2.51. The van der Waals surface area contributed by atoms with E-state index in [1.807, 2.05) is 37.3 Å². The molecule has 132 valence electrons. The molecule has 0 saturated heterocycles. The fraction of sp³-hybridized carbons (Fsp3) is 0.105. The van der Waals surface area contributed by atoms with E-state index in [0.29, 0.717) is 11.3 Å². The van der Waals surface area contributed by atoms with Crippen molar-refractivity contribution in [3.05, 3.63) is 87.1 Å². The molecule has 2 aromatic carbocycles. The van der Waals surface area contributed by atoms with E-state index in [9.17, 15) is 14.9 Å². The number of nitrogens with zero attached hydrogens (tertiary/aromatic N) is 1. The minimum atomic E-state index is -0.526. The number of amides is 1. The first-order valence-corrected chi connectivity index (χ1v) is 8.23. The molecular formula is C19H15ClN2O4. The van der Waals surface area contributed by atoms with Gasteiger partial charge in [-0.25, -0.2) is 0 Å². The fourth-order valence-corrected chi connectivity index (χ4v) is 2.78. The van der Waals surface area contributed by atoms with E-state index in [1.54, 1.807) is 12.1 Å². The molecule has 1 atom stereocenters. The first-order valence-electron chi connectivity index (χ1n) is 7.85. The van der Waals surface area contributed by atoms with Crippen molar-refractivity contribution in [1.29, 1.82) is 0 Å². The molecule has 6 nitrogen and oxygen atoms in total. The summed E-state index contributed by atoms with van der Waals surface area (Å²) in [6.07, 6.45) is 0. The summed E-state index contributed by atoms with van der Waals surface area (Å²) in [4.78, 5) is 22.6. The SMILES string of the molecule is C[C@@H](NC(=O)c1ccc(-c2ccc([N+](=O)[O-])cc2Cl)o1)c1ccccc1. The average molecular weight is 371 g/mol. The van der Waals surface area contributed by atoms with Crippen LogP contribution in [0.2, 0.25) is 5.02 Å². The summed E-state index contributed by atoms with van der Waals surface area (Å²) in [6.45, 7) is 1.88. The molecule has 1 amide bonds. The molecule has 0 aliphatic heterocycles. The van der Waals surface area contributed by atoms with Crippen LogP contribution in [0, 0.1) is 10.1 Å². The Kier molecular flexibility index (Phi) is 5.04. The third kappa shape index (κ3) is 3.75. The minimum Gasteiger partial charge on any atom is -0.451 e. The number of furan rings is 1. The van der Waals surface area contributed by atoms with Crippen LogP contribution >= 0.6 is 11.6 Å². The van der Waals surface area contributed by atoms with Crippen molar-refractivity contribution in [2.45, 2.75) is 13.0 Å². The van der Waals surface area contributed by atoms with E-state index in [1.165, 1.54) is 18.2 Å². The molecule has 3 aromatic rings. The van der Waals surface area contributed by atoms with E-state index >= 15 is 0 Å². The molecule has 7 heteroatoms. The van der Waals surface area contributed by atoms with Gasteiger partial charge in [-0.05, 0) is 30.7 Å². The number of halogens is 1. The molecule has 0 aliphatic carbocycles. The van der Waals surface area contributed by atoms with Gasteiger partial charge in [-0.15, -0.1) is 0 Å². The molecule has 0 spiro atoms. The molecule has 1 heterocycles. The summed E-state index contributed by atoms with van der Waals surface area (Å²) in [5, 5.41) is 13.8. The van der Waals surface area contributed by atoms with Crippen LogP contribution in [0.3, 0.4) is 0 Å². The lowest BCUT2D eigenvalue weighted by Gasteiger charge is -2.13. The lowest BCUT2D eigenvalue weighted by atomic mass is 10.1. The number of hydrogen-bond donors (Lipinski definition) is 1. The quantitative estimate of drug-likeness (QED) is 0.506. The van der Waals surface area contributed by atoms with Crippen molar-refractivity contribution in [1.82, 2.24) is 5.32 Å². The zero-order chi connectivity index (χ0) is 18.7. The van der Waals surface area contributed by atoms with Crippen molar-refractivity contribution >= 4 is 23.2 Å². The van der Waals surface area contributed by atoms with Gasteiger partial charge in [0.2, 0.25) is 0 Å². The highest BCUT2D eigenvalue weighted by Gasteiger charge is 2.18. The Balaban J connectivity index is 1.77. The van der Waals surface area contributed by atoms with Gasteiger partial charge in [0.1, 0.15) is 5.76 Å². The summed E-state index contributed by atoms with van der Waals surface area (Å²) >= 11 is 6.10. The van der Waals surface area contributed by atoms with Crippen LogP contribution in [0.15, 0.2) is 65.1 Å². The van der Waals surface area contributed by atoms with Gasteiger partial charge in [0.15, 0.2) is 5.76 Å². The van der Waals surface area contributed by atoms with Crippen molar-refractivity contribution in [3.63, 3.8) is 0 Å². The molecular weight excluding hydrogens is 356 g/mol. The Morgan fingerprint density at radius 1 is 1.15 bits per heavy atom. The smallest absolute Gasteiger partial charge is 0.287 e. The first-order chi connectivity index (χ1) is 12.5. The largest absolute Gasteiger partial charge is 0.451 e. The number of nitro groups is 1. The number of hydrogen-bond acceptors (Lipinski definition) is 4. The second-order valence-electron chi connectivity index (χ2n) is 5.69. The first kappa shape index (κ1) is 17.7. The Morgan fingerprint density at radius 2 is 1.88 bits per heavy atom. The zero-order valence-electron chi connectivity index (χ0n) is 13.8. The van der Waals surface area contributed by atoms with E-state index in [-0.39, 0.29) is 28.4 Å². The van der Waals surface area contributed by atoms with Gasteiger partial charge in [0.25, 0.3) is 11.6 Å². The van der Waals surface area contributed by atoms with Crippen LogP contribution in [0.25, 0.3) is 11.3 Å². The Hall–Kier alpha value is -3.12. The Labute approximate surface area is 154 Å². The molecule has 0 bridgehead atoms. The molecule has 1 aromatic heterocycles. The van der Waals surface area contributed by atoms with Gasteiger partial charge in [0, 0.05) is 17.7 Å². The Bertz CT molecular complexity index is 953. The van der Waals surface area contributed by atoms with Crippen molar-refractivity contribution < 1.29 is 14.1 Å². The summed E-state index contributed by atoms with van der Waals surface area (Å²) < 4.78 is 5.58. The van der Waals surface area contributed by atoms with E-state index in [2.05, 4.69) is 5.32 Å². The standard InChI is InChI=1S/C19H15ClN2O4/c1-12(13-5-3-2-4-6-13)21-19(23)18-10-9-17(26-18)15-8-7-14(22(24)25)11-16(15)20/h2-12H,1H3,(H,21,23)/t12-/m1/s1. The van der Waals surface area contributed by atoms with Crippen molar-refractivity contribution in [3.8, 4) is 11.3 Å². The highest BCUT2D eigenvalue weighted by Crippen LogP contribution is 2.32. The summed E-state index contributed by atoms with van der Waals surface area (Å²) in [5.41, 5.74) is 1.35. The average Bonchev–Trinajstić information content (AvgIpc) is 3.12. The van der Waals surface area contributed by atoms with Crippen LogP contribution in [0.4, 0.5) is 5.69 Å². The van der Waals surface area contributed by atoms with Crippen molar-refractivity contribution in [2.24, 2.45) is 0 Å².